The third-order valence-corrected chi connectivity index (χ3v) is 4.55. The molecule has 8 nitrogen and oxygen atoms in total. The van der Waals surface area contributed by atoms with E-state index in [0.29, 0.717) is 19.7 Å². The first-order valence-corrected chi connectivity index (χ1v) is 9.43. The first kappa shape index (κ1) is 21.7. The Morgan fingerprint density at radius 1 is 1.27 bits per heavy atom. The van der Waals surface area contributed by atoms with Crippen molar-refractivity contribution >= 4 is 17.3 Å². The van der Waals surface area contributed by atoms with Gasteiger partial charge in [0.05, 0.1) is 36.4 Å². The highest BCUT2D eigenvalue weighted by atomic mass is 19.4. The van der Waals surface area contributed by atoms with E-state index in [2.05, 4.69) is 25.6 Å². The van der Waals surface area contributed by atoms with Crippen LogP contribution in [0.2, 0.25) is 0 Å². The number of alkyl halides is 3. The van der Waals surface area contributed by atoms with Crippen LogP contribution in [0, 0.1) is 11.3 Å². The maximum atomic E-state index is 13.7. The minimum absolute atomic E-state index is 0.00535. The van der Waals surface area contributed by atoms with Crippen LogP contribution in [0.5, 0.6) is 0 Å². The van der Waals surface area contributed by atoms with Gasteiger partial charge < -0.3 is 20.3 Å². The molecule has 2 aromatic heterocycles. The van der Waals surface area contributed by atoms with Gasteiger partial charge in [-0.1, -0.05) is 0 Å². The van der Waals surface area contributed by atoms with Crippen LogP contribution in [0.25, 0.3) is 0 Å². The van der Waals surface area contributed by atoms with E-state index in [-0.39, 0.29) is 35.2 Å². The molecule has 1 fully saturated rings. The summed E-state index contributed by atoms with van der Waals surface area (Å²) in [7, 11) is 0. The third-order valence-electron chi connectivity index (χ3n) is 4.55. The van der Waals surface area contributed by atoms with E-state index >= 15 is 0 Å². The Balaban J connectivity index is 1.93. The molecule has 0 aliphatic carbocycles. The van der Waals surface area contributed by atoms with Crippen molar-refractivity contribution in [2.45, 2.75) is 32.2 Å². The average molecular weight is 421 g/mol. The summed E-state index contributed by atoms with van der Waals surface area (Å²) in [4.78, 5) is 13.5. The van der Waals surface area contributed by atoms with Crippen molar-refractivity contribution in [1.82, 2.24) is 20.3 Å². The Kier molecular flexibility index (Phi) is 6.69. The molecule has 30 heavy (non-hydrogen) atoms. The summed E-state index contributed by atoms with van der Waals surface area (Å²) in [5.41, 5.74) is -0.684. The Morgan fingerprint density at radius 2 is 2.03 bits per heavy atom. The van der Waals surface area contributed by atoms with Gasteiger partial charge in [0.1, 0.15) is 17.7 Å². The predicted octanol–water partition coefficient (Wildman–Crippen LogP) is 2.71. The molecular weight excluding hydrogens is 399 g/mol. The highest BCUT2D eigenvalue weighted by molar-refractivity contribution is 5.63. The number of nitrogens with one attached hydrogen (secondary N) is 2. The fourth-order valence-electron chi connectivity index (χ4n) is 3.09. The molecule has 2 N–H and O–H groups in total. The van der Waals surface area contributed by atoms with Crippen molar-refractivity contribution in [2.24, 2.45) is 0 Å². The second-order valence-corrected chi connectivity index (χ2v) is 7.05. The Morgan fingerprint density at radius 3 is 2.60 bits per heavy atom. The van der Waals surface area contributed by atoms with Crippen molar-refractivity contribution in [3.63, 3.8) is 0 Å². The molecule has 1 unspecified atom stereocenters. The lowest BCUT2D eigenvalue weighted by Crippen LogP contribution is -2.47. The summed E-state index contributed by atoms with van der Waals surface area (Å²) in [6.07, 6.45) is -1.39. The maximum Gasteiger partial charge on any atom is 0.419 e. The Labute approximate surface area is 172 Å². The van der Waals surface area contributed by atoms with Crippen molar-refractivity contribution in [1.29, 1.82) is 5.26 Å². The van der Waals surface area contributed by atoms with Crippen LogP contribution >= 0.6 is 0 Å². The largest absolute Gasteiger partial charge is 0.419 e. The molecule has 1 aliphatic rings. The van der Waals surface area contributed by atoms with E-state index in [4.69, 9.17) is 10.00 Å². The van der Waals surface area contributed by atoms with Gasteiger partial charge in [-0.3, -0.25) is 0 Å². The second kappa shape index (κ2) is 9.23. The lowest BCUT2D eigenvalue weighted by atomic mass is 10.1. The van der Waals surface area contributed by atoms with Gasteiger partial charge >= 0.3 is 6.18 Å². The summed E-state index contributed by atoms with van der Waals surface area (Å²) in [5.74, 6) is 0.452. The second-order valence-electron chi connectivity index (χ2n) is 7.05. The van der Waals surface area contributed by atoms with Crippen LogP contribution in [0.4, 0.5) is 30.5 Å². The van der Waals surface area contributed by atoms with Gasteiger partial charge in [-0.15, -0.1) is 0 Å². The normalized spacial score (nSPS) is 16.9. The van der Waals surface area contributed by atoms with Crippen LogP contribution in [0.1, 0.15) is 25.1 Å². The van der Waals surface area contributed by atoms with E-state index in [1.165, 1.54) is 18.5 Å². The fourth-order valence-corrected chi connectivity index (χ4v) is 3.09. The van der Waals surface area contributed by atoms with Gasteiger partial charge in [-0.05, 0) is 13.8 Å². The van der Waals surface area contributed by atoms with E-state index < -0.39 is 11.7 Å². The quantitative estimate of drug-likeness (QED) is 0.735. The number of pyridine rings is 1. The number of nitriles is 1. The molecule has 0 amide bonds. The maximum absolute atomic E-state index is 13.7. The van der Waals surface area contributed by atoms with Gasteiger partial charge in [0.2, 0.25) is 0 Å². The van der Waals surface area contributed by atoms with Crippen molar-refractivity contribution in [3.05, 3.63) is 35.9 Å². The number of morpholine rings is 1. The van der Waals surface area contributed by atoms with Crippen LogP contribution in [0.15, 0.2) is 24.7 Å². The zero-order chi connectivity index (χ0) is 21.7. The zero-order valence-corrected chi connectivity index (χ0v) is 16.6. The molecule has 1 aliphatic heterocycles. The van der Waals surface area contributed by atoms with Crippen LogP contribution in [-0.2, 0) is 10.9 Å². The van der Waals surface area contributed by atoms with E-state index in [1.807, 2.05) is 19.9 Å². The highest BCUT2D eigenvalue weighted by Gasteiger charge is 2.37. The molecule has 11 heteroatoms. The standard InChI is InChI=1S/C19H22F3N7O/c1-12(2)29(11-14-8-24-3-4-30-14)16-5-17(27-9-15(16)19(20,21)22)28-18-10-25-13(6-23)7-26-18/h5,7,9-10,12,14,24H,3-4,8,11H2,1-2H3,(H,26,27,28). The number of ether oxygens (including phenoxy) is 1. The molecule has 3 rings (SSSR count). The number of nitrogens with zero attached hydrogens (tertiary/aromatic N) is 5. The highest BCUT2D eigenvalue weighted by Crippen LogP contribution is 2.38. The van der Waals surface area contributed by atoms with Gasteiger partial charge in [0.15, 0.2) is 5.69 Å². The molecule has 0 bridgehead atoms. The summed E-state index contributed by atoms with van der Waals surface area (Å²) < 4.78 is 46.8. The van der Waals surface area contributed by atoms with Crippen molar-refractivity contribution < 1.29 is 17.9 Å². The minimum atomic E-state index is -4.56. The number of anilines is 3. The number of aromatic nitrogens is 3. The summed E-state index contributed by atoms with van der Waals surface area (Å²) >= 11 is 0. The lowest BCUT2D eigenvalue weighted by molar-refractivity contribution is -0.137. The molecular formula is C19H22F3N7O. The average Bonchev–Trinajstić information content (AvgIpc) is 2.72. The Hall–Kier alpha value is -2.97. The van der Waals surface area contributed by atoms with E-state index in [0.717, 1.165) is 12.7 Å². The van der Waals surface area contributed by atoms with Crippen LogP contribution in [0.3, 0.4) is 0 Å². The Bertz CT molecular complexity index is 890. The minimum Gasteiger partial charge on any atom is -0.374 e. The first-order chi connectivity index (χ1) is 14.3. The fraction of sp³-hybridized carbons (Fsp3) is 0.474. The molecule has 0 saturated carbocycles. The molecule has 0 spiro atoms. The van der Waals surface area contributed by atoms with Crippen molar-refractivity contribution in [2.75, 3.05) is 36.5 Å². The predicted molar refractivity (Wildman–Crippen MR) is 104 cm³/mol. The number of hydrogen-bond acceptors (Lipinski definition) is 8. The SMILES string of the molecule is CC(C)N(CC1CNCCO1)c1cc(Nc2cnc(C#N)cn2)ncc1C(F)(F)F. The zero-order valence-electron chi connectivity index (χ0n) is 16.6. The lowest BCUT2D eigenvalue weighted by Gasteiger charge is -2.36. The van der Waals surface area contributed by atoms with Gasteiger partial charge in [-0.25, -0.2) is 15.0 Å². The topological polar surface area (TPSA) is 99.0 Å². The first-order valence-electron chi connectivity index (χ1n) is 9.43. The molecule has 0 radical (unpaired) electrons. The molecule has 3 heterocycles. The summed E-state index contributed by atoms with van der Waals surface area (Å²) in [5, 5.41) is 14.8. The van der Waals surface area contributed by atoms with Crippen LogP contribution in [-0.4, -0.2) is 53.3 Å². The number of hydrogen-bond donors (Lipinski definition) is 2. The van der Waals surface area contributed by atoms with Gasteiger partial charge in [0, 0.05) is 37.9 Å². The van der Waals surface area contributed by atoms with Crippen LogP contribution < -0.4 is 15.5 Å². The number of halogens is 3. The summed E-state index contributed by atoms with van der Waals surface area (Å²) in [6.45, 7) is 5.77. The van der Waals surface area contributed by atoms with E-state index in [1.54, 1.807) is 4.90 Å². The molecule has 1 saturated heterocycles. The third kappa shape index (κ3) is 5.34. The molecule has 0 aromatic carbocycles. The molecule has 160 valence electrons. The smallest absolute Gasteiger partial charge is 0.374 e. The van der Waals surface area contributed by atoms with Gasteiger partial charge in [-0.2, -0.15) is 18.4 Å². The van der Waals surface area contributed by atoms with Gasteiger partial charge in [0.25, 0.3) is 0 Å². The number of rotatable bonds is 6. The van der Waals surface area contributed by atoms with E-state index in [9.17, 15) is 13.2 Å². The molecule has 1 atom stereocenters. The summed E-state index contributed by atoms with van der Waals surface area (Å²) in [6, 6.07) is 2.99. The molecule has 2 aromatic rings. The monoisotopic (exact) mass is 421 g/mol. The van der Waals surface area contributed by atoms with Crippen molar-refractivity contribution in [3.8, 4) is 6.07 Å².